The van der Waals surface area contributed by atoms with Gasteiger partial charge in [-0.15, -0.1) is 0 Å². The highest BCUT2D eigenvalue weighted by Gasteiger charge is 2.23. The van der Waals surface area contributed by atoms with E-state index >= 15 is 0 Å². The van der Waals surface area contributed by atoms with E-state index in [4.69, 9.17) is 9.66 Å². The molecule has 0 saturated carbocycles. The first-order chi connectivity index (χ1) is 6.63. The Kier molecular flexibility index (Phi) is 5.05. The van der Waals surface area contributed by atoms with E-state index in [-0.39, 0.29) is 10.8 Å². The van der Waals surface area contributed by atoms with Crippen LogP contribution in [0, 0.1) is 0 Å². The van der Waals surface area contributed by atoms with Gasteiger partial charge in [-0.05, 0) is 13.8 Å². The minimum absolute atomic E-state index is 0.0413. The maximum Gasteiger partial charge on any atom is 0.325 e. The summed E-state index contributed by atoms with van der Waals surface area (Å²) in [5, 5.41) is 9.44. The fourth-order valence-electron chi connectivity index (χ4n) is 0.619. The van der Waals surface area contributed by atoms with Crippen molar-refractivity contribution in [1.82, 2.24) is 5.32 Å². The van der Waals surface area contributed by atoms with Gasteiger partial charge in [0.1, 0.15) is 6.04 Å². The molecule has 7 nitrogen and oxygen atoms in total. The van der Waals surface area contributed by atoms with E-state index in [1.54, 1.807) is 0 Å². The van der Waals surface area contributed by atoms with Crippen molar-refractivity contribution in [1.29, 1.82) is 0 Å². The summed E-state index contributed by atoms with van der Waals surface area (Å²) in [5.41, 5.74) is 0. The first-order valence-corrected chi connectivity index (χ1v) is 6.66. The summed E-state index contributed by atoms with van der Waals surface area (Å²) in [5.74, 6) is -2.00. The number of carboxylic acids is 1. The van der Waals surface area contributed by atoms with Crippen molar-refractivity contribution in [3.8, 4) is 0 Å². The van der Waals surface area contributed by atoms with E-state index in [2.05, 4.69) is 5.32 Å². The van der Waals surface area contributed by atoms with Crippen LogP contribution in [-0.4, -0.2) is 41.2 Å². The Labute approximate surface area is 90.4 Å². The van der Waals surface area contributed by atoms with Crippen LogP contribution in [0.1, 0.15) is 13.8 Å². The molecule has 88 valence electrons. The normalized spacial score (nSPS) is 15.4. The molecule has 0 aliphatic carbocycles. The van der Waals surface area contributed by atoms with Crippen molar-refractivity contribution in [2.75, 3.05) is 0 Å². The smallest absolute Gasteiger partial charge is 0.325 e. The lowest BCUT2D eigenvalue weighted by Gasteiger charge is -2.12. The van der Waals surface area contributed by atoms with Gasteiger partial charge in [0.15, 0.2) is 0 Å². The van der Waals surface area contributed by atoms with Crippen molar-refractivity contribution >= 4 is 31.8 Å². The number of hydrogen-bond acceptors (Lipinski definition) is 5. The maximum absolute atomic E-state index is 11.2. The number of carbonyl (C=O) groups is 2. The highest BCUT2D eigenvalue weighted by Crippen LogP contribution is 2.16. The molecular formula is C6H11NO6S2. The van der Waals surface area contributed by atoms with E-state index in [0.717, 1.165) is 0 Å². The molecule has 0 heterocycles. The van der Waals surface area contributed by atoms with Crippen molar-refractivity contribution in [2.24, 2.45) is 0 Å². The zero-order chi connectivity index (χ0) is 12.2. The second-order valence-electron chi connectivity index (χ2n) is 2.73. The van der Waals surface area contributed by atoms with Gasteiger partial charge in [0.2, 0.25) is 5.91 Å². The molecular weight excluding hydrogens is 246 g/mol. The van der Waals surface area contributed by atoms with Crippen molar-refractivity contribution in [3.05, 3.63) is 0 Å². The van der Waals surface area contributed by atoms with Gasteiger partial charge in [0.25, 0.3) is 0 Å². The van der Waals surface area contributed by atoms with Crippen LogP contribution in [0.2, 0.25) is 0 Å². The van der Waals surface area contributed by atoms with Gasteiger partial charge in [-0.2, -0.15) is 8.42 Å². The molecule has 0 bridgehead atoms. The molecule has 3 N–H and O–H groups in total. The zero-order valence-electron chi connectivity index (χ0n) is 8.00. The fourth-order valence-corrected chi connectivity index (χ4v) is 2.50. The summed E-state index contributed by atoms with van der Waals surface area (Å²) in [6.07, 6.45) is 0. The van der Waals surface area contributed by atoms with Crippen LogP contribution in [0.15, 0.2) is 0 Å². The van der Waals surface area contributed by atoms with Gasteiger partial charge >= 0.3 is 15.1 Å². The molecule has 0 aliphatic heterocycles. The van der Waals surface area contributed by atoms with Gasteiger partial charge < -0.3 is 10.4 Å². The van der Waals surface area contributed by atoms with Gasteiger partial charge in [-0.3, -0.25) is 14.1 Å². The average Bonchev–Trinajstić information content (AvgIpc) is 2.00. The predicted octanol–water partition coefficient (Wildman–Crippen LogP) is -0.500. The fraction of sp³-hybridized carbons (Fsp3) is 0.667. The summed E-state index contributed by atoms with van der Waals surface area (Å²) < 4.78 is 29.2. The number of nitrogens with one attached hydrogen (secondary N) is 1. The molecule has 0 radical (unpaired) electrons. The Hall–Kier alpha value is -0.800. The second kappa shape index (κ2) is 5.33. The number of hydrogen-bond donors (Lipinski definition) is 3. The van der Waals surface area contributed by atoms with Gasteiger partial charge in [0, 0.05) is 10.8 Å². The number of rotatable bonds is 5. The quantitative estimate of drug-likeness (QED) is 0.448. The highest BCUT2D eigenvalue weighted by atomic mass is 33.1. The third kappa shape index (κ3) is 6.31. The predicted molar refractivity (Wildman–Crippen MR) is 53.8 cm³/mol. The highest BCUT2D eigenvalue weighted by molar-refractivity contribution is 8.70. The number of amides is 1. The molecule has 0 rings (SSSR count). The van der Waals surface area contributed by atoms with Crippen LogP contribution in [0.4, 0.5) is 0 Å². The zero-order valence-corrected chi connectivity index (χ0v) is 9.63. The maximum atomic E-state index is 11.2. The Morgan fingerprint density at radius 3 is 2.13 bits per heavy atom. The van der Waals surface area contributed by atoms with Crippen molar-refractivity contribution in [3.63, 3.8) is 0 Å². The molecule has 0 saturated heterocycles. The lowest BCUT2D eigenvalue weighted by atomic mass is 10.3. The molecule has 0 spiro atoms. The van der Waals surface area contributed by atoms with Gasteiger partial charge in [-0.25, -0.2) is 0 Å². The first-order valence-electron chi connectivity index (χ1n) is 3.82. The SMILES string of the molecule is CC(SS(=O)(=O)O)C(=O)N[C@@H](C)C(=O)O. The summed E-state index contributed by atoms with van der Waals surface area (Å²) >= 11 is 0. The van der Waals surface area contributed by atoms with E-state index in [0.29, 0.717) is 0 Å². The minimum atomic E-state index is -4.32. The molecule has 1 unspecified atom stereocenters. The Bertz CT molecular complexity index is 351. The molecule has 0 aromatic rings. The topological polar surface area (TPSA) is 121 Å². The number of carboxylic acid groups (broad SMARTS) is 1. The molecule has 0 aliphatic rings. The molecule has 1 amide bonds. The van der Waals surface area contributed by atoms with Crippen LogP contribution in [0.3, 0.4) is 0 Å². The van der Waals surface area contributed by atoms with E-state index in [1.807, 2.05) is 0 Å². The molecule has 15 heavy (non-hydrogen) atoms. The largest absolute Gasteiger partial charge is 0.480 e. The van der Waals surface area contributed by atoms with Crippen molar-refractivity contribution < 1.29 is 27.7 Å². The van der Waals surface area contributed by atoms with E-state index in [1.165, 1.54) is 13.8 Å². The van der Waals surface area contributed by atoms with Crippen LogP contribution < -0.4 is 5.32 Å². The Balaban J connectivity index is 4.29. The minimum Gasteiger partial charge on any atom is -0.480 e. The lowest BCUT2D eigenvalue weighted by molar-refractivity contribution is -0.141. The number of aliphatic carboxylic acids is 1. The van der Waals surface area contributed by atoms with E-state index in [9.17, 15) is 18.0 Å². The lowest BCUT2D eigenvalue weighted by Crippen LogP contribution is -2.42. The van der Waals surface area contributed by atoms with Gasteiger partial charge in [0.05, 0.1) is 5.25 Å². The standard InChI is InChI=1S/C6H11NO6S2/c1-3(6(9)10)7-5(8)4(2)14-15(11,12)13/h3-4H,1-2H3,(H,7,8)(H,9,10)(H,11,12,13)/t3-,4?/m0/s1. The molecule has 2 atom stereocenters. The van der Waals surface area contributed by atoms with Crippen LogP contribution in [0.5, 0.6) is 0 Å². The summed E-state index contributed by atoms with van der Waals surface area (Å²) in [6, 6.07) is -1.11. The Morgan fingerprint density at radius 1 is 1.33 bits per heavy atom. The van der Waals surface area contributed by atoms with Crippen molar-refractivity contribution in [2.45, 2.75) is 25.1 Å². The average molecular weight is 257 g/mol. The van der Waals surface area contributed by atoms with Crippen LogP contribution in [-0.2, 0) is 18.7 Å². The Morgan fingerprint density at radius 2 is 1.80 bits per heavy atom. The molecule has 0 aromatic carbocycles. The van der Waals surface area contributed by atoms with Crippen LogP contribution >= 0.6 is 10.8 Å². The van der Waals surface area contributed by atoms with Crippen LogP contribution in [0.25, 0.3) is 0 Å². The number of carbonyl (C=O) groups excluding carboxylic acids is 1. The second-order valence-corrected chi connectivity index (χ2v) is 6.33. The van der Waals surface area contributed by atoms with Gasteiger partial charge in [-0.1, -0.05) is 0 Å². The first kappa shape index (κ1) is 14.2. The summed E-state index contributed by atoms with van der Waals surface area (Å²) in [7, 11) is -4.27. The summed E-state index contributed by atoms with van der Waals surface area (Å²) in [4.78, 5) is 21.5. The molecule has 9 heteroatoms. The monoisotopic (exact) mass is 257 g/mol. The van der Waals surface area contributed by atoms with E-state index < -0.39 is 32.3 Å². The molecule has 0 aromatic heterocycles. The third-order valence-corrected chi connectivity index (χ3v) is 3.71. The summed E-state index contributed by atoms with van der Waals surface area (Å²) in [6.45, 7) is 2.48. The molecule has 0 fully saturated rings. The third-order valence-electron chi connectivity index (χ3n) is 1.36.